The van der Waals surface area contributed by atoms with E-state index in [4.69, 9.17) is 4.18 Å². The average Bonchev–Trinajstić information content (AvgIpc) is 2.88. The Morgan fingerprint density at radius 1 is 1.00 bits per heavy atom. The molecule has 2 aromatic rings. The molecule has 0 spiro atoms. The highest BCUT2D eigenvalue weighted by molar-refractivity contribution is 7.87. The molecular weight excluding hydrogens is 272 g/mol. The second-order valence-corrected chi connectivity index (χ2v) is 6.63. The molecule has 1 aliphatic rings. The molecule has 0 aliphatic heterocycles. The standard InChI is InChI=1S/C16H16O3S/c1-12-5-2-3-8-16(12)19-20(17,18)15-10-9-13-6-4-7-14(13)11-15/h2-3,5,8-11H,4,6-7H2,1H3. The van der Waals surface area contributed by atoms with Crippen LogP contribution >= 0.6 is 0 Å². The van der Waals surface area contributed by atoms with Crippen LogP contribution in [0.15, 0.2) is 47.4 Å². The maximum atomic E-state index is 12.3. The van der Waals surface area contributed by atoms with Crippen LogP contribution in [0.5, 0.6) is 5.75 Å². The minimum absolute atomic E-state index is 0.237. The van der Waals surface area contributed by atoms with Gasteiger partial charge in [-0.1, -0.05) is 24.3 Å². The van der Waals surface area contributed by atoms with E-state index in [9.17, 15) is 8.42 Å². The summed E-state index contributed by atoms with van der Waals surface area (Å²) in [6.07, 6.45) is 3.08. The molecule has 0 amide bonds. The third-order valence-corrected chi connectivity index (χ3v) is 4.88. The SMILES string of the molecule is Cc1ccccc1OS(=O)(=O)c1ccc2c(c1)CCC2. The third-order valence-electron chi connectivity index (χ3n) is 3.65. The van der Waals surface area contributed by atoms with Gasteiger partial charge in [0.25, 0.3) is 0 Å². The number of aryl methyl sites for hydroxylation is 3. The summed E-state index contributed by atoms with van der Waals surface area (Å²) in [6, 6.07) is 12.4. The summed E-state index contributed by atoms with van der Waals surface area (Å²) < 4.78 is 29.9. The molecule has 0 atom stereocenters. The van der Waals surface area contributed by atoms with Crippen molar-refractivity contribution in [1.82, 2.24) is 0 Å². The zero-order valence-electron chi connectivity index (χ0n) is 11.3. The van der Waals surface area contributed by atoms with E-state index in [-0.39, 0.29) is 4.90 Å². The maximum absolute atomic E-state index is 12.3. The Morgan fingerprint density at radius 3 is 2.55 bits per heavy atom. The third kappa shape index (κ3) is 2.43. The molecule has 0 heterocycles. The maximum Gasteiger partial charge on any atom is 0.339 e. The molecule has 0 unspecified atom stereocenters. The lowest BCUT2D eigenvalue weighted by molar-refractivity contribution is 0.484. The highest BCUT2D eigenvalue weighted by Gasteiger charge is 2.20. The molecule has 2 aromatic carbocycles. The number of hydrogen-bond donors (Lipinski definition) is 0. The smallest absolute Gasteiger partial charge is 0.339 e. The monoisotopic (exact) mass is 288 g/mol. The molecule has 3 rings (SSSR count). The molecule has 20 heavy (non-hydrogen) atoms. The largest absolute Gasteiger partial charge is 0.379 e. The lowest BCUT2D eigenvalue weighted by Gasteiger charge is -2.10. The summed E-state index contributed by atoms with van der Waals surface area (Å²) >= 11 is 0. The topological polar surface area (TPSA) is 43.4 Å². The summed E-state index contributed by atoms with van der Waals surface area (Å²) in [6.45, 7) is 1.83. The van der Waals surface area contributed by atoms with Crippen LogP contribution in [0.4, 0.5) is 0 Å². The van der Waals surface area contributed by atoms with E-state index >= 15 is 0 Å². The molecule has 0 saturated carbocycles. The summed E-state index contributed by atoms with van der Waals surface area (Å²) in [4.78, 5) is 0.237. The van der Waals surface area contributed by atoms with Gasteiger partial charge in [-0.3, -0.25) is 0 Å². The van der Waals surface area contributed by atoms with Crippen molar-refractivity contribution in [3.05, 3.63) is 59.2 Å². The number of hydrogen-bond acceptors (Lipinski definition) is 3. The highest BCUT2D eigenvalue weighted by atomic mass is 32.2. The second-order valence-electron chi connectivity index (χ2n) is 5.09. The van der Waals surface area contributed by atoms with Crippen molar-refractivity contribution >= 4 is 10.1 Å². The number of para-hydroxylation sites is 1. The van der Waals surface area contributed by atoms with Crippen LogP contribution < -0.4 is 4.18 Å². The highest BCUT2D eigenvalue weighted by Crippen LogP contribution is 2.27. The molecule has 0 radical (unpaired) electrons. The van der Waals surface area contributed by atoms with Crippen molar-refractivity contribution in [1.29, 1.82) is 0 Å². The first kappa shape index (κ1) is 13.2. The van der Waals surface area contributed by atoms with E-state index < -0.39 is 10.1 Å². The molecule has 0 aromatic heterocycles. The summed E-state index contributed by atoms with van der Waals surface area (Å²) in [5.74, 6) is 0.382. The van der Waals surface area contributed by atoms with Crippen molar-refractivity contribution in [3.8, 4) is 5.75 Å². The molecule has 3 nitrogen and oxygen atoms in total. The van der Waals surface area contributed by atoms with Gasteiger partial charge in [0.2, 0.25) is 0 Å². The lowest BCUT2D eigenvalue weighted by Crippen LogP contribution is -2.10. The van der Waals surface area contributed by atoms with Gasteiger partial charge < -0.3 is 4.18 Å². The summed E-state index contributed by atoms with van der Waals surface area (Å²) in [7, 11) is -3.76. The fourth-order valence-electron chi connectivity index (χ4n) is 2.52. The molecular formula is C16H16O3S. The van der Waals surface area contributed by atoms with Gasteiger partial charge in [0.15, 0.2) is 0 Å². The molecule has 0 fully saturated rings. The second kappa shape index (κ2) is 4.94. The number of fused-ring (bicyclic) bond motifs is 1. The molecule has 0 N–H and O–H groups in total. The molecule has 104 valence electrons. The first-order chi connectivity index (χ1) is 9.56. The van der Waals surface area contributed by atoms with E-state index in [1.807, 2.05) is 25.1 Å². The van der Waals surface area contributed by atoms with Crippen LogP contribution in [-0.4, -0.2) is 8.42 Å². The molecule has 0 saturated heterocycles. The minimum atomic E-state index is -3.76. The van der Waals surface area contributed by atoms with Gasteiger partial charge in [-0.05, 0) is 61.1 Å². The Kier molecular flexibility index (Phi) is 3.26. The van der Waals surface area contributed by atoms with Crippen molar-refractivity contribution in [2.75, 3.05) is 0 Å². The van der Waals surface area contributed by atoms with Crippen molar-refractivity contribution in [3.63, 3.8) is 0 Å². The number of rotatable bonds is 3. The van der Waals surface area contributed by atoms with Gasteiger partial charge in [-0.2, -0.15) is 8.42 Å². The quantitative estimate of drug-likeness (QED) is 0.814. The first-order valence-electron chi connectivity index (χ1n) is 6.68. The fourth-order valence-corrected chi connectivity index (χ4v) is 3.56. The van der Waals surface area contributed by atoms with Gasteiger partial charge in [-0.15, -0.1) is 0 Å². The van der Waals surface area contributed by atoms with Gasteiger partial charge >= 0.3 is 10.1 Å². The Labute approximate surface area is 119 Å². The molecule has 1 aliphatic carbocycles. The van der Waals surface area contributed by atoms with Crippen LogP contribution in [0.3, 0.4) is 0 Å². The Balaban J connectivity index is 1.94. The van der Waals surface area contributed by atoms with E-state index in [1.165, 1.54) is 5.56 Å². The van der Waals surface area contributed by atoms with Crippen LogP contribution in [0.25, 0.3) is 0 Å². The van der Waals surface area contributed by atoms with Crippen molar-refractivity contribution < 1.29 is 12.6 Å². The lowest BCUT2D eigenvalue weighted by atomic mass is 10.1. The average molecular weight is 288 g/mol. The summed E-state index contributed by atoms with van der Waals surface area (Å²) in [5, 5.41) is 0. The Morgan fingerprint density at radius 2 is 1.75 bits per heavy atom. The Hall–Kier alpha value is -1.81. The van der Waals surface area contributed by atoms with Crippen LogP contribution in [0.2, 0.25) is 0 Å². The van der Waals surface area contributed by atoms with Crippen molar-refractivity contribution in [2.45, 2.75) is 31.1 Å². The zero-order chi connectivity index (χ0) is 14.2. The van der Waals surface area contributed by atoms with Gasteiger partial charge in [0, 0.05) is 0 Å². The molecule has 4 heteroatoms. The minimum Gasteiger partial charge on any atom is -0.379 e. The van der Waals surface area contributed by atoms with Gasteiger partial charge in [0.1, 0.15) is 10.6 Å². The Bertz CT molecular complexity index is 748. The van der Waals surface area contributed by atoms with Gasteiger partial charge in [0.05, 0.1) is 0 Å². The van der Waals surface area contributed by atoms with Crippen LogP contribution in [0.1, 0.15) is 23.1 Å². The zero-order valence-corrected chi connectivity index (χ0v) is 12.1. The van der Waals surface area contributed by atoms with E-state index in [0.717, 1.165) is 30.4 Å². The van der Waals surface area contributed by atoms with E-state index in [2.05, 4.69) is 0 Å². The van der Waals surface area contributed by atoms with Crippen LogP contribution in [-0.2, 0) is 23.0 Å². The van der Waals surface area contributed by atoms with Gasteiger partial charge in [-0.25, -0.2) is 0 Å². The van der Waals surface area contributed by atoms with Crippen LogP contribution in [0, 0.1) is 6.92 Å². The van der Waals surface area contributed by atoms with E-state index in [0.29, 0.717) is 5.75 Å². The normalized spacial score (nSPS) is 14.1. The first-order valence-corrected chi connectivity index (χ1v) is 8.09. The molecule has 0 bridgehead atoms. The number of benzene rings is 2. The predicted octanol–water partition coefficient (Wildman–Crippen LogP) is 3.25. The van der Waals surface area contributed by atoms with Crippen molar-refractivity contribution in [2.24, 2.45) is 0 Å². The van der Waals surface area contributed by atoms with E-state index in [1.54, 1.807) is 24.3 Å². The predicted molar refractivity (Wildman–Crippen MR) is 77.5 cm³/mol. The summed E-state index contributed by atoms with van der Waals surface area (Å²) in [5.41, 5.74) is 3.18. The fraction of sp³-hybridized carbons (Fsp3) is 0.250.